The summed E-state index contributed by atoms with van der Waals surface area (Å²) >= 11 is 0. The molecule has 1 atom stereocenters. The second kappa shape index (κ2) is 11.6. The van der Waals surface area contributed by atoms with E-state index < -0.39 is 5.82 Å². The molecule has 1 fully saturated rings. The van der Waals surface area contributed by atoms with Gasteiger partial charge in [-0.2, -0.15) is 0 Å². The second-order valence-corrected chi connectivity index (χ2v) is 9.76. The van der Waals surface area contributed by atoms with Crippen molar-refractivity contribution in [3.8, 4) is 5.75 Å². The van der Waals surface area contributed by atoms with Crippen LogP contribution in [0.3, 0.4) is 0 Å². The molecule has 194 valence electrons. The van der Waals surface area contributed by atoms with Crippen molar-refractivity contribution in [2.75, 3.05) is 19.7 Å². The molecule has 0 spiro atoms. The Kier molecular flexibility index (Phi) is 8.52. The standard InChI is InChI=1S/C28H33F2N3O2.ClH/c1-2-12-31-28(34)22-9-10-25(30)27-24(22)15-21(17-35-27)33(20-6-3-7-20)13-4-5-18-16-32-26-11-8-19(29)14-23(18)26;/h8-11,14,16,20-21,32H,2-7,12-13,15,17H2,1H3,(H,31,34);1H. The summed E-state index contributed by atoms with van der Waals surface area (Å²) in [7, 11) is 0. The number of aryl methyl sites for hydroxylation is 1. The van der Waals surface area contributed by atoms with Gasteiger partial charge >= 0.3 is 0 Å². The summed E-state index contributed by atoms with van der Waals surface area (Å²) in [6, 6.07) is 8.32. The number of carbonyl (C=O) groups is 1. The first kappa shape index (κ1) is 26.4. The van der Waals surface area contributed by atoms with E-state index in [1.807, 2.05) is 13.1 Å². The molecule has 2 N–H and O–H groups in total. The molecule has 5 nitrogen and oxygen atoms in total. The maximum atomic E-state index is 14.5. The largest absolute Gasteiger partial charge is 0.489 e. The van der Waals surface area contributed by atoms with Gasteiger partial charge in [-0.1, -0.05) is 13.3 Å². The number of halogens is 3. The topological polar surface area (TPSA) is 57.4 Å². The molecule has 1 aliphatic carbocycles. The molecule has 2 aliphatic rings. The maximum absolute atomic E-state index is 14.5. The van der Waals surface area contributed by atoms with Crippen molar-refractivity contribution in [1.29, 1.82) is 0 Å². The quantitative estimate of drug-likeness (QED) is 0.377. The van der Waals surface area contributed by atoms with Crippen molar-refractivity contribution in [3.63, 3.8) is 0 Å². The molecule has 1 amide bonds. The van der Waals surface area contributed by atoms with Crippen LogP contribution < -0.4 is 10.1 Å². The third-order valence-electron chi connectivity index (χ3n) is 7.46. The zero-order chi connectivity index (χ0) is 24.4. The molecule has 3 aromatic rings. The highest BCUT2D eigenvalue weighted by molar-refractivity contribution is 5.96. The number of nitrogens with one attached hydrogen (secondary N) is 2. The highest BCUT2D eigenvalue weighted by Gasteiger charge is 2.35. The summed E-state index contributed by atoms with van der Waals surface area (Å²) in [5, 5.41) is 3.85. The molecule has 1 aliphatic heterocycles. The molecule has 36 heavy (non-hydrogen) atoms. The normalized spacial score (nSPS) is 17.3. The number of hydrogen-bond acceptors (Lipinski definition) is 3. The molecule has 2 aromatic carbocycles. The van der Waals surface area contributed by atoms with E-state index >= 15 is 0 Å². The van der Waals surface area contributed by atoms with Gasteiger partial charge in [0, 0.05) is 46.9 Å². The van der Waals surface area contributed by atoms with Crippen LogP contribution in [0.25, 0.3) is 10.9 Å². The summed E-state index contributed by atoms with van der Waals surface area (Å²) in [4.78, 5) is 18.5. The van der Waals surface area contributed by atoms with E-state index in [0.29, 0.717) is 36.7 Å². The molecule has 0 saturated heterocycles. The number of carbonyl (C=O) groups excluding carboxylic acids is 1. The number of fused-ring (bicyclic) bond motifs is 2. The van der Waals surface area contributed by atoms with Gasteiger partial charge in [-0.3, -0.25) is 9.69 Å². The van der Waals surface area contributed by atoms with Crippen molar-refractivity contribution >= 4 is 29.2 Å². The lowest BCUT2D eigenvalue weighted by molar-refractivity contribution is 0.0421. The zero-order valence-corrected chi connectivity index (χ0v) is 21.4. The van der Waals surface area contributed by atoms with Gasteiger partial charge in [0.25, 0.3) is 5.91 Å². The Morgan fingerprint density at radius 2 is 2.03 bits per heavy atom. The molecule has 2 heterocycles. The number of aromatic amines is 1. The van der Waals surface area contributed by atoms with Gasteiger partial charge in [0.2, 0.25) is 0 Å². The Morgan fingerprint density at radius 1 is 1.19 bits per heavy atom. The molecule has 1 saturated carbocycles. The SMILES string of the molecule is CCCNC(=O)c1ccc(F)c2c1CC(N(CCCc1c[nH]c3ccc(F)cc13)C1CCC1)CO2.Cl. The van der Waals surface area contributed by atoms with E-state index in [9.17, 15) is 13.6 Å². The Labute approximate surface area is 217 Å². The molecular weight excluding hydrogens is 484 g/mol. The van der Waals surface area contributed by atoms with Gasteiger partial charge in [0.05, 0.1) is 0 Å². The third kappa shape index (κ3) is 5.37. The van der Waals surface area contributed by atoms with E-state index in [1.165, 1.54) is 18.6 Å². The molecule has 0 bridgehead atoms. The molecule has 1 unspecified atom stereocenters. The summed E-state index contributed by atoms with van der Waals surface area (Å²) in [5.41, 5.74) is 3.25. The van der Waals surface area contributed by atoms with E-state index in [1.54, 1.807) is 18.2 Å². The van der Waals surface area contributed by atoms with Gasteiger partial charge in [-0.05, 0) is 81.0 Å². The maximum Gasteiger partial charge on any atom is 0.251 e. The Balaban J connectivity index is 0.00000304. The van der Waals surface area contributed by atoms with Crippen molar-refractivity contribution in [1.82, 2.24) is 15.2 Å². The molecule has 0 radical (unpaired) electrons. The second-order valence-electron chi connectivity index (χ2n) is 9.76. The van der Waals surface area contributed by atoms with Gasteiger partial charge in [-0.15, -0.1) is 12.4 Å². The van der Waals surface area contributed by atoms with Gasteiger partial charge in [-0.25, -0.2) is 8.78 Å². The molecule has 1 aromatic heterocycles. The first-order chi connectivity index (χ1) is 17.0. The Bertz CT molecular complexity index is 1210. The summed E-state index contributed by atoms with van der Waals surface area (Å²) in [5.74, 6) is -0.584. The lowest BCUT2D eigenvalue weighted by atomic mass is 9.87. The van der Waals surface area contributed by atoms with Crippen molar-refractivity contribution in [3.05, 3.63) is 64.9 Å². The van der Waals surface area contributed by atoms with Crippen molar-refractivity contribution in [2.45, 2.75) is 64.0 Å². The average Bonchev–Trinajstić information content (AvgIpc) is 3.22. The molecule has 8 heteroatoms. The van der Waals surface area contributed by atoms with E-state index in [0.717, 1.165) is 55.1 Å². The fourth-order valence-electron chi connectivity index (χ4n) is 5.38. The third-order valence-corrected chi connectivity index (χ3v) is 7.46. The predicted molar refractivity (Wildman–Crippen MR) is 140 cm³/mol. The number of amides is 1. The summed E-state index contributed by atoms with van der Waals surface area (Å²) < 4.78 is 34.3. The minimum atomic E-state index is -0.410. The zero-order valence-electron chi connectivity index (χ0n) is 20.6. The summed E-state index contributed by atoms with van der Waals surface area (Å²) in [6.07, 6.45) is 8.69. The van der Waals surface area contributed by atoms with Gasteiger partial charge in [0.15, 0.2) is 11.6 Å². The van der Waals surface area contributed by atoms with Crippen LogP contribution in [0.15, 0.2) is 36.5 Å². The van der Waals surface area contributed by atoms with Crippen LogP contribution in [0.2, 0.25) is 0 Å². The molecular formula is C28H34ClF2N3O2. The van der Waals surface area contributed by atoms with Crippen LogP contribution in [0, 0.1) is 11.6 Å². The number of H-pyrrole nitrogens is 1. The van der Waals surface area contributed by atoms with Crippen LogP contribution in [0.4, 0.5) is 8.78 Å². The number of ether oxygens (including phenoxy) is 1. The van der Waals surface area contributed by atoms with E-state index in [2.05, 4.69) is 15.2 Å². The van der Waals surface area contributed by atoms with Crippen molar-refractivity contribution < 1.29 is 18.3 Å². The minimum Gasteiger partial charge on any atom is -0.489 e. The van der Waals surface area contributed by atoms with Crippen LogP contribution in [0.1, 0.15) is 60.5 Å². The lowest BCUT2D eigenvalue weighted by Crippen LogP contribution is -2.51. The average molecular weight is 518 g/mol. The number of rotatable bonds is 9. The molecule has 5 rings (SSSR count). The fourth-order valence-corrected chi connectivity index (χ4v) is 5.38. The van der Waals surface area contributed by atoms with Crippen LogP contribution in [-0.4, -0.2) is 47.6 Å². The highest BCUT2D eigenvalue weighted by atomic mass is 35.5. The van der Waals surface area contributed by atoms with E-state index in [-0.39, 0.29) is 35.9 Å². The Hall–Kier alpha value is -2.64. The predicted octanol–water partition coefficient (Wildman–Crippen LogP) is 5.80. The van der Waals surface area contributed by atoms with Gasteiger partial charge < -0.3 is 15.0 Å². The van der Waals surface area contributed by atoms with Crippen molar-refractivity contribution in [2.24, 2.45) is 0 Å². The Morgan fingerprint density at radius 3 is 2.78 bits per heavy atom. The number of benzene rings is 2. The van der Waals surface area contributed by atoms with Gasteiger partial charge in [0.1, 0.15) is 12.4 Å². The highest BCUT2D eigenvalue weighted by Crippen LogP contribution is 2.35. The smallest absolute Gasteiger partial charge is 0.251 e. The first-order valence-electron chi connectivity index (χ1n) is 12.8. The number of aromatic nitrogens is 1. The monoisotopic (exact) mass is 517 g/mol. The number of nitrogens with zero attached hydrogens (tertiary/aromatic N) is 1. The van der Waals surface area contributed by atoms with Crippen LogP contribution in [-0.2, 0) is 12.8 Å². The first-order valence-corrected chi connectivity index (χ1v) is 12.8. The lowest BCUT2D eigenvalue weighted by Gasteiger charge is -2.44. The minimum absolute atomic E-state index is 0. The van der Waals surface area contributed by atoms with E-state index in [4.69, 9.17) is 4.74 Å². The van der Waals surface area contributed by atoms with Crippen LogP contribution >= 0.6 is 12.4 Å². The summed E-state index contributed by atoms with van der Waals surface area (Å²) in [6.45, 7) is 3.88. The number of hydrogen-bond donors (Lipinski definition) is 2. The fraction of sp³-hybridized carbons (Fsp3) is 0.464. The van der Waals surface area contributed by atoms with Crippen LogP contribution in [0.5, 0.6) is 5.75 Å².